The Kier molecular flexibility index (Phi) is 6.59. The lowest BCUT2D eigenvalue weighted by Gasteiger charge is -2.33. The van der Waals surface area contributed by atoms with Crippen molar-refractivity contribution in [1.29, 1.82) is 0 Å². The van der Waals surface area contributed by atoms with Crippen LogP contribution in [-0.4, -0.2) is 61.8 Å². The van der Waals surface area contributed by atoms with Gasteiger partial charge in [0.1, 0.15) is 0 Å². The second-order valence-corrected chi connectivity index (χ2v) is 10.6. The average molecular weight is 503 g/mol. The number of carbonyl (C=O) groups excluding carboxylic acids is 1. The van der Waals surface area contributed by atoms with Crippen LogP contribution in [0.1, 0.15) is 53.7 Å². The van der Waals surface area contributed by atoms with Crippen molar-refractivity contribution in [2.75, 3.05) is 26.4 Å². The van der Waals surface area contributed by atoms with E-state index in [1.807, 2.05) is 18.3 Å². The Bertz CT molecular complexity index is 1120. The molecule has 2 aromatic rings. The molecule has 1 aromatic heterocycles. The third kappa shape index (κ3) is 5.37. The number of carbonyl (C=O) groups is 1. The highest BCUT2D eigenvalue weighted by Crippen LogP contribution is 2.58. The molecule has 1 aliphatic carbocycles. The lowest BCUT2D eigenvalue weighted by molar-refractivity contribution is 0.0671. The van der Waals surface area contributed by atoms with E-state index in [4.69, 9.17) is 28.7 Å². The van der Waals surface area contributed by atoms with Crippen LogP contribution in [0.2, 0.25) is 0 Å². The van der Waals surface area contributed by atoms with Crippen molar-refractivity contribution in [2.24, 2.45) is 5.92 Å². The maximum Gasteiger partial charge on any atom is 0.466 e. The van der Waals surface area contributed by atoms with Gasteiger partial charge in [0.05, 0.1) is 11.2 Å². The number of nitrogens with zero attached hydrogens (tertiary/aromatic N) is 3. The Morgan fingerprint density at radius 3 is 2.40 bits per heavy atom. The summed E-state index contributed by atoms with van der Waals surface area (Å²) in [6.45, 7) is 4.27. The first-order valence-corrected chi connectivity index (χ1v) is 13.5. The molecule has 35 heavy (non-hydrogen) atoms. The average Bonchev–Trinajstić information content (AvgIpc) is 3.42. The molecule has 1 saturated heterocycles. The first-order valence-electron chi connectivity index (χ1n) is 11.9. The summed E-state index contributed by atoms with van der Waals surface area (Å²) in [5.74, 6) is 2.36. The number of piperidine rings is 1. The Morgan fingerprint density at radius 1 is 1.09 bits per heavy atom. The van der Waals surface area contributed by atoms with E-state index in [1.54, 1.807) is 0 Å². The summed E-state index contributed by atoms with van der Waals surface area (Å²) in [4.78, 5) is 43.9. The Labute approximate surface area is 203 Å². The van der Waals surface area contributed by atoms with Crippen molar-refractivity contribution in [3.63, 3.8) is 0 Å². The standard InChI is InChI=1S/C24H27N3O3.H3O4P/c28-23-19-13-21-22(30-16-29-21)14-20(19)24(7-8-24)27(23)12-6-17-4-10-26(11-5-17)15-18-3-1-2-9-25-18;1-5(2,3)4/h1-3,9,13-14,17H,4-8,10-12,15-16H2;(H3,1,2,3,4). The van der Waals surface area contributed by atoms with Gasteiger partial charge in [0, 0.05) is 24.8 Å². The molecule has 0 bridgehead atoms. The molecule has 4 heterocycles. The van der Waals surface area contributed by atoms with Crippen LogP contribution in [0.15, 0.2) is 36.5 Å². The zero-order valence-electron chi connectivity index (χ0n) is 19.4. The molecule has 0 unspecified atom stereocenters. The Morgan fingerprint density at radius 2 is 1.77 bits per heavy atom. The number of rotatable bonds is 5. The maximum absolute atomic E-state index is 13.2. The fraction of sp³-hybridized carbons (Fsp3) is 0.500. The molecule has 1 aromatic carbocycles. The van der Waals surface area contributed by atoms with Crippen LogP contribution in [-0.2, 0) is 16.6 Å². The minimum atomic E-state index is -4.64. The largest absolute Gasteiger partial charge is 0.466 e. The summed E-state index contributed by atoms with van der Waals surface area (Å²) in [5.41, 5.74) is 3.04. The lowest BCUT2D eigenvalue weighted by Crippen LogP contribution is -2.38. The summed E-state index contributed by atoms with van der Waals surface area (Å²) >= 11 is 0. The van der Waals surface area contributed by atoms with Crippen LogP contribution in [0.25, 0.3) is 0 Å². The number of ether oxygens (including phenoxy) is 2. The molecular formula is C24H30N3O7P. The fourth-order valence-electron chi connectivity index (χ4n) is 5.43. The Balaban J connectivity index is 0.000000464. The predicted octanol–water partition coefficient (Wildman–Crippen LogP) is 2.63. The molecule has 10 nitrogen and oxygen atoms in total. The van der Waals surface area contributed by atoms with E-state index in [2.05, 4.69) is 33.0 Å². The van der Waals surface area contributed by atoms with Crippen molar-refractivity contribution >= 4 is 13.7 Å². The van der Waals surface area contributed by atoms with Gasteiger partial charge in [-0.3, -0.25) is 14.7 Å². The predicted molar refractivity (Wildman–Crippen MR) is 126 cm³/mol. The van der Waals surface area contributed by atoms with Crippen molar-refractivity contribution in [3.8, 4) is 11.5 Å². The van der Waals surface area contributed by atoms with Gasteiger partial charge in [-0.25, -0.2) is 4.57 Å². The molecule has 1 amide bonds. The third-order valence-electron chi connectivity index (χ3n) is 7.31. The van der Waals surface area contributed by atoms with Gasteiger partial charge in [0.15, 0.2) is 11.5 Å². The monoisotopic (exact) mass is 503 g/mol. The van der Waals surface area contributed by atoms with Crippen molar-refractivity contribution in [2.45, 2.75) is 44.2 Å². The number of hydrogen-bond acceptors (Lipinski definition) is 6. The molecule has 11 heteroatoms. The van der Waals surface area contributed by atoms with Gasteiger partial charge in [-0.05, 0) is 80.9 Å². The molecule has 1 saturated carbocycles. The summed E-state index contributed by atoms with van der Waals surface area (Å²) in [7, 11) is -4.64. The molecule has 0 radical (unpaired) electrons. The van der Waals surface area contributed by atoms with E-state index in [9.17, 15) is 4.79 Å². The van der Waals surface area contributed by atoms with Gasteiger partial charge in [0.25, 0.3) is 5.91 Å². The molecule has 3 aliphatic heterocycles. The van der Waals surface area contributed by atoms with Crippen molar-refractivity contribution < 1.29 is 33.5 Å². The molecule has 188 valence electrons. The summed E-state index contributed by atoms with van der Waals surface area (Å²) in [5, 5.41) is 0. The summed E-state index contributed by atoms with van der Waals surface area (Å²) in [6.07, 6.45) is 7.48. The second-order valence-electron chi connectivity index (χ2n) is 9.58. The van der Waals surface area contributed by atoms with E-state index in [-0.39, 0.29) is 18.2 Å². The zero-order chi connectivity index (χ0) is 24.6. The number of amides is 1. The van der Waals surface area contributed by atoms with E-state index < -0.39 is 7.82 Å². The van der Waals surface area contributed by atoms with Gasteiger partial charge in [0.2, 0.25) is 6.79 Å². The molecule has 4 aliphatic rings. The zero-order valence-corrected chi connectivity index (χ0v) is 20.3. The van der Waals surface area contributed by atoms with Crippen LogP contribution in [0.3, 0.4) is 0 Å². The van der Waals surface area contributed by atoms with E-state index >= 15 is 0 Å². The molecular weight excluding hydrogens is 473 g/mol. The quantitative estimate of drug-likeness (QED) is 0.527. The highest BCUT2D eigenvalue weighted by Gasteiger charge is 2.58. The van der Waals surface area contributed by atoms with E-state index in [0.29, 0.717) is 11.7 Å². The van der Waals surface area contributed by atoms with Gasteiger partial charge in [-0.15, -0.1) is 0 Å². The van der Waals surface area contributed by atoms with E-state index in [1.165, 1.54) is 12.8 Å². The topological polar surface area (TPSA) is 133 Å². The van der Waals surface area contributed by atoms with Crippen LogP contribution in [0.5, 0.6) is 11.5 Å². The van der Waals surface area contributed by atoms with Gasteiger partial charge < -0.3 is 29.1 Å². The minimum absolute atomic E-state index is 0.0763. The Hall–Kier alpha value is -2.49. The lowest BCUT2D eigenvalue weighted by atomic mass is 9.93. The van der Waals surface area contributed by atoms with Crippen molar-refractivity contribution in [3.05, 3.63) is 53.3 Å². The van der Waals surface area contributed by atoms with Crippen LogP contribution < -0.4 is 9.47 Å². The number of fused-ring (bicyclic) bond motifs is 3. The number of hydrogen-bond donors (Lipinski definition) is 3. The third-order valence-corrected chi connectivity index (χ3v) is 7.31. The van der Waals surface area contributed by atoms with Gasteiger partial charge in [-0.1, -0.05) is 6.07 Å². The number of pyridine rings is 1. The fourth-order valence-corrected chi connectivity index (χ4v) is 5.43. The maximum atomic E-state index is 13.2. The SMILES string of the molecule is O=C1c2cc3c(cc2C2(CC2)N1CCC1CCN(Cc2ccccn2)CC1)OCO3.O=P(O)(O)O. The van der Waals surface area contributed by atoms with Gasteiger partial charge in [-0.2, -0.15) is 0 Å². The molecule has 6 rings (SSSR count). The molecule has 2 fully saturated rings. The van der Waals surface area contributed by atoms with Crippen molar-refractivity contribution in [1.82, 2.24) is 14.8 Å². The molecule has 3 N–H and O–H groups in total. The first-order chi connectivity index (χ1) is 16.7. The minimum Gasteiger partial charge on any atom is -0.454 e. The number of benzene rings is 1. The molecule has 1 spiro atoms. The highest BCUT2D eigenvalue weighted by molar-refractivity contribution is 7.45. The molecule has 0 atom stereocenters. The second kappa shape index (κ2) is 9.52. The van der Waals surface area contributed by atoms with E-state index in [0.717, 1.165) is 68.0 Å². The van der Waals surface area contributed by atoms with Crippen LogP contribution in [0.4, 0.5) is 0 Å². The normalized spacial score (nSPS) is 20.5. The summed E-state index contributed by atoms with van der Waals surface area (Å²) < 4.78 is 19.9. The summed E-state index contributed by atoms with van der Waals surface area (Å²) in [6, 6.07) is 10.1. The number of phosphoric acid groups is 1. The highest BCUT2D eigenvalue weighted by atomic mass is 31.2. The smallest absolute Gasteiger partial charge is 0.454 e. The first kappa shape index (κ1) is 24.2. The van der Waals surface area contributed by atoms with Crippen LogP contribution >= 0.6 is 7.82 Å². The number of likely N-dealkylation sites (tertiary alicyclic amines) is 1. The number of aromatic nitrogens is 1. The van der Waals surface area contributed by atoms with Crippen LogP contribution in [0, 0.1) is 5.92 Å². The van der Waals surface area contributed by atoms with Gasteiger partial charge >= 0.3 is 7.82 Å².